The van der Waals surface area contributed by atoms with Gasteiger partial charge in [-0.25, -0.2) is 9.97 Å². The first-order valence-corrected chi connectivity index (χ1v) is 10.1. The Morgan fingerprint density at radius 1 is 1.24 bits per heavy atom. The fraction of sp³-hybridized carbons (Fsp3) is 0.316. The zero-order chi connectivity index (χ0) is 17.3. The van der Waals surface area contributed by atoms with Crippen LogP contribution in [0.1, 0.15) is 41.4 Å². The number of nitrogens with zero attached hydrogens (tertiary/aromatic N) is 2. The minimum Gasteiger partial charge on any atom is -0.341 e. The van der Waals surface area contributed by atoms with Crippen molar-refractivity contribution in [2.24, 2.45) is 0 Å². The van der Waals surface area contributed by atoms with E-state index in [0.29, 0.717) is 0 Å². The number of rotatable bonds is 4. The van der Waals surface area contributed by atoms with Crippen LogP contribution < -0.4 is 5.32 Å². The highest BCUT2D eigenvalue weighted by molar-refractivity contribution is 7.19. The molecule has 4 rings (SSSR count). The molecule has 0 aliphatic heterocycles. The van der Waals surface area contributed by atoms with E-state index in [-0.39, 0.29) is 11.4 Å². The van der Waals surface area contributed by atoms with Gasteiger partial charge in [-0.2, -0.15) is 0 Å². The summed E-state index contributed by atoms with van der Waals surface area (Å²) in [6.07, 6.45) is 7.57. The van der Waals surface area contributed by atoms with Gasteiger partial charge in [0.05, 0.1) is 15.8 Å². The third-order valence-corrected chi connectivity index (χ3v) is 6.70. The summed E-state index contributed by atoms with van der Waals surface area (Å²) in [5.74, 6) is -0.0750. The number of hydrogen-bond donors (Lipinski definition) is 1. The fourth-order valence-corrected chi connectivity index (χ4v) is 5.21. The quantitative estimate of drug-likeness (QED) is 0.681. The summed E-state index contributed by atoms with van der Waals surface area (Å²) in [5, 5.41) is 7.16. The maximum Gasteiger partial charge on any atom is 0.244 e. The van der Waals surface area contributed by atoms with Gasteiger partial charge in [0.2, 0.25) is 5.91 Å². The van der Waals surface area contributed by atoms with Gasteiger partial charge in [0.25, 0.3) is 0 Å². The Bertz CT molecular complexity index is 902. The third kappa shape index (κ3) is 3.37. The number of aryl methyl sites for hydroxylation is 1. The molecule has 2 aromatic heterocycles. The highest BCUT2D eigenvalue weighted by Gasteiger charge is 2.39. The van der Waals surface area contributed by atoms with Gasteiger partial charge < -0.3 is 5.32 Å². The smallest absolute Gasteiger partial charge is 0.244 e. The second-order valence-electron chi connectivity index (χ2n) is 6.43. The van der Waals surface area contributed by atoms with Crippen LogP contribution in [0.4, 0.5) is 0 Å². The standard InChI is InChI=1S/C19H19N3OS2/c1-13-12-24-18(20-13)19(10-4-5-11-19)22-16(23)8-9-17-21-14-6-2-3-7-15(14)25-17/h2-3,6-9,12H,4-5,10-11H2,1H3,(H,22,23)/b9-8+. The van der Waals surface area contributed by atoms with Crippen LogP contribution in [-0.2, 0) is 10.3 Å². The van der Waals surface area contributed by atoms with Gasteiger partial charge in [-0.1, -0.05) is 25.0 Å². The molecule has 0 unspecified atom stereocenters. The Kier molecular flexibility index (Phi) is 4.39. The lowest BCUT2D eigenvalue weighted by atomic mass is 9.98. The van der Waals surface area contributed by atoms with Crippen molar-refractivity contribution in [3.63, 3.8) is 0 Å². The van der Waals surface area contributed by atoms with E-state index in [1.54, 1.807) is 34.8 Å². The number of fused-ring (bicyclic) bond motifs is 1. The number of aromatic nitrogens is 2. The van der Waals surface area contributed by atoms with E-state index < -0.39 is 0 Å². The number of carbonyl (C=O) groups excluding carboxylic acids is 1. The van der Waals surface area contributed by atoms with Gasteiger partial charge in [-0.3, -0.25) is 4.79 Å². The van der Waals surface area contributed by atoms with Crippen LogP contribution in [0, 0.1) is 6.92 Å². The number of hydrogen-bond acceptors (Lipinski definition) is 5. The van der Waals surface area contributed by atoms with Crippen molar-refractivity contribution in [3.05, 3.63) is 51.4 Å². The molecule has 1 saturated carbocycles. The van der Waals surface area contributed by atoms with Gasteiger partial charge in [0.1, 0.15) is 10.0 Å². The van der Waals surface area contributed by atoms with Crippen LogP contribution in [0.5, 0.6) is 0 Å². The van der Waals surface area contributed by atoms with Crippen molar-refractivity contribution in [1.82, 2.24) is 15.3 Å². The summed E-state index contributed by atoms with van der Waals surface area (Å²) in [7, 11) is 0. The molecule has 1 aliphatic rings. The van der Waals surface area contributed by atoms with E-state index in [2.05, 4.69) is 20.7 Å². The maximum atomic E-state index is 12.5. The van der Waals surface area contributed by atoms with E-state index in [0.717, 1.165) is 51.6 Å². The van der Waals surface area contributed by atoms with Gasteiger partial charge >= 0.3 is 0 Å². The van der Waals surface area contributed by atoms with Crippen molar-refractivity contribution < 1.29 is 4.79 Å². The highest BCUT2D eigenvalue weighted by Crippen LogP contribution is 2.40. The predicted octanol–water partition coefficient (Wildman–Crippen LogP) is 4.66. The second-order valence-corrected chi connectivity index (χ2v) is 8.35. The average Bonchev–Trinajstić information content (AvgIpc) is 3.32. The molecule has 0 saturated heterocycles. The van der Waals surface area contributed by atoms with Crippen LogP contribution >= 0.6 is 22.7 Å². The lowest BCUT2D eigenvalue weighted by Crippen LogP contribution is -2.43. The molecule has 0 bridgehead atoms. The molecule has 4 nitrogen and oxygen atoms in total. The van der Waals surface area contributed by atoms with E-state index in [1.165, 1.54) is 0 Å². The first kappa shape index (κ1) is 16.4. The van der Waals surface area contributed by atoms with E-state index in [9.17, 15) is 4.79 Å². The number of benzene rings is 1. The minimum atomic E-state index is -0.298. The molecule has 0 spiro atoms. The van der Waals surface area contributed by atoms with Crippen molar-refractivity contribution >= 4 is 44.9 Å². The summed E-state index contributed by atoms with van der Waals surface area (Å²) in [4.78, 5) is 21.7. The normalized spacial score (nSPS) is 16.7. The molecule has 25 heavy (non-hydrogen) atoms. The topological polar surface area (TPSA) is 54.9 Å². The first-order chi connectivity index (χ1) is 12.1. The lowest BCUT2D eigenvalue weighted by molar-refractivity contribution is -0.118. The third-order valence-electron chi connectivity index (χ3n) is 4.54. The number of carbonyl (C=O) groups is 1. The number of thiazole rings is 2. The Hall–Kier alpha value is -2.05. The molecule has 2 heterocycles. The Morgan fingerprint density at radius 2 is 2.04 bits per heavy atom. The molecule has 1 amide bonds. The average molecular weight is 370 g/mol. The number of para-hydroxylation sites is 1. The van der Waals surface area contributed by atoms with Crippen molar-refractivity contribution in [3.8, 4) is 0 Å². The van der Waals surface area contributed by atoms with Crippen LogP contribution in [-0.4, -0.2) is 15.9 Å². The largest absolute Gasteiger partial charge is 0.341 e. The summed E-state index contributed by atoms with van der Waals surface area (Å²) in [6.45, 7) is 2.00. The molecule has 0 atom stereocenters. The molecule has 6 heteroatoms. The van der Waals surface area contributed by atoms with Gasteiger partial charge in [0, 0.05) is 17.2 Å². The molecule has 1 fully saturated rings. The molecule has 1 aliphatic carbocycles. The van der Waals surface area contributed by atoms with Crippen molar-refractivity contribution in [2.75, 3.05) is 0 Å². The van der Waals surface area contributed by atoms with E-state index in [4.69, 9.17) is 0 Å². The Balaban J connectivity index is 1.52. The second kappa shape index (κ2) is 6.69. The predicted molar refractivity (Wildman–Crippen MR) is 104 cm³/mol. The zero-order valence-corrected chi connectivity index (χ0v) is 15.6. The monoisotopic (exact) mass is 369 g/mol. The molecule has 128 valence electrons. The summed E-state index contributed by atoms with van der Waals surface area (Å²) in [5.41, 5.74) is 1.69. The maximum absolute atomic E-state index is 12.5. The SMILES string of the molecule is Cc1csc(C2(NC(=O)/C=C/c3nc4ccccc4s3)CCCC2)n1. The lowest BCUT2D eigenvalue weighted by Gasteiger charge is -2.27. The highest BCUT2D eigenvalue weighted by atomic mass is 32.1. The fourth-order valence-electron chi connectivity index (χ4n) is 3.33. The van der Waals surface area contributed by atoms with Crippen molar-refractivity contribution in [2.45, 2.75) is 38.1 Å². The zero-order valence-electron chi connectivity index (χ0n) is 14.0. The van der Waals surface area contributed by atoms with Gasteiger partial charge in [-0.05, 0) is 38.0 Å². The Morgan fingerprint density at radius 3 is 2.76 bits per heavy atom. The summed E-state index contributed by atoms with van der Waals surface area (Å²) in [6, 6.07) is 8.01. The number of amides is 1. The van der Waals surface area contributed by atoms with Gasteiger partial charge in [0.15, 0.2) is 0 Å². The van der Waals surface area contributed by atoms with E-state index >= 15 is 0 Å². The summed E-state index contributed by atoms with van der Waals surface area (Å²) >= 11 is 3.24. The molecular formula is C19H19N3OS2. The van der Waals surface area contributed by atoms with Gasteiger partial charge in [-0.15, -0.1) is 22.7 Å². The first-order valence-electron chi connectivity index (χ1n) is 8.43. The number of nitrogens with one attached hydrogen (secondary N) is 1. The summed E-state index contributed by atoms with van der Waals surface area (Å²) < 4.78 is 1.13. The van der Waals surface area contributed by atoms with Crippen LogP contribution in [0.15, 0.2) is 35.7 Å². The molecule has 1 N–H and O–H groups in total. The van der Waals surface area contributed by atoms with Crippen LogP contribution in [0.25, 0.3) is 16.3 Å². The van der Waals surface area contributed by atoms with E-state index in [1.807, 2.05) is 31.2 Å². The molecule has 3 aromatic rings. The minimum absolute atomic E-state index is 0.0750. The van der Waals surface area contributed by atoms with Crippen LogP contribution in [0.3, 0.4) is 0 Å². The molecule has 1 aromatic carbocycles. The van der Waals surface area contributed by atoms with Crippen LogP contribution in [0.2, 0.25) is 0 Å². The molecular weight excluding hydrogens is 350 g/mol. The van der Waals surface area contributed by atoms with Crippen molar-refractivity contribution in [1.29, 1.82) is 0 Å². The Labute approximate surface area is 154 Å². The molecule has 0 radical (unpaired) electrons.